The second-order valence-corrected chi connectivity index (χ2v) is 5.26. The van der Waals surface area contributed by atoms with Crippen LogP contribution in [0.15, 0.2) is 0 Å². The first-order valence-electron chi connectivity index (χ1n) is 5.82. The largest absolute Gasteiger partial charge is 0.480 e. The van der Waals surface area contributed by atoms with Gasteiger partial charge in [0.2, 0.25) is 17.7 Å². The Morgan fingerprint density at radius 3 is 2.42 bits per heavy atom. The lowest BCUT2D eigenvalue weighted by Crippen LogP contribution is -2.41. The number of likely N-dealkylation sites (tertiary alicyclic amines) is 1. The van der Waals surface area contributed by atoms with Gasteiger partial charge in [0.05, 0.1) is 0 Å². The van der Waals surface area contributed by atoms with Gasteiger partial charge in [0.25, 0.3) is 0 Å². The summed E-state index contributed by atoms with van der Waals surface area (Å²) in [5.74, 6) is -1.20. The van der Waals surface area contributed by atoms with Crippen molar-refractivity contribution in [3.8, 4) is 0 Å². The normalized spacial score (nSPS) is 16.6. The molecule has 1 saturated heterocycles. The number of nitrogens with zero attached hydrogens (tertiary/aromatic N) is 1. The minimum Gasteiger partial charge on any atom is -0.480 e. The molecule has 1 rings (SSSR count). The first-order chi connectivity index (χ1) is 8.91. The van der Waals surface area contributed by atoms with E-state index in [4.69, 9.17) is 5.11 Å². The number of thioether (sulfide) groups is 1. The minimum absolute atomic E-state index is 0.178. The van der Waals surface area contributed by atoms with Gasteiger partial charge in [-0.3, -0.25) is 19.3 Å². The fourth-order valence-electron chi connectivity index (χ4n) is 1.65. The van der Waals surface area contributed by atoms with Crippen molar-refractivity contribution in [1.82, 2.24) is 10.2 Å². The van der Waals surface area contributed by atoms with Crippen LogP contribution in [-0.2, 0) is 19.2 Å². The Balaban J connectivity index is 2.28. The second kappa shape index (κ2) is 7.13. The molecule has 0 spiro atoms. The van der Waals surface area contributed by atoms with Crippen LogP contribution in [0.25, 0.3) is 0 Å². The summed E-state index contributed by atoms with van der Waals surface area (Å²) in [5, 5.41) is 11.2. The molecule has 0 saturated carbocycles. The lowest BCUT2D eigenvalue weighted by atomic mass is 10.3. The molecule has 0 unspecified atom stereocenters. The van der Waals surface area contributed by atoms with Crippen LogP contribution in [0, 0.1) is 0 Å². The molecule has 0 aliphatic carbocycles. The number of rotatable bonds is 7. The van der Waals surface area contributed by atoms with Gasteiger partial charge in [0.15, 0.2) is 0 Å². The van der Waals surface area contributed by atoms with Gasteiger partial charge in [0, 0.05) is 37.8 Å². The maximum atomic E-state index is 11.3. The molecule has 0 aromatic rings. The summed E-state index contributed by atoms with van der Waals surface area (Å²) in [6, 6.07) is -0.951. The summed E-state index contributed by atoms with van der Waals surface area (Å²) in [6.45, 7) is 1.54. The molecule has 1 atom stereocenters. The number of nitrogens with one attached hydrogen (secondary N) is 1. The van der Waals surface area contributed by atoms with Gasteiger partial charge in [-0.2, -0.15) is 11.8 Å². The molecule has 0 aromatic carbocycles. The fraction of sp³-hybridized carbons (Fsp3) is 0.636. The molecule has 1 aliphatic rings. The zero-order valence-electron chi connectivity index (χ0n) is 10.5. The predicted octanol–water partition coefficient (Wildman–Crippen LogP) is -0.542. The molecule has 19 heavy (non-hydrogen) atoms. The standard InChI is InChI=1S/C11H16N2O5S/c1-7(14)12-8(11(17)18)6-19-5-4-13-9(15)2-3-10(13)16/h8H,2-6H2,1H3,(H,12,14)(H,17,18)/t8-/m0/s1. The fourth-order valence-corrected chi connectivity index (χ4v) is 2.59. The van der Waals surface area contributed by atoms with E-state index in [1.165, 1.54) is 23.6 Å². The van der Waals surface area contributed by atoms with E-state index < -0.39 is 17.9 Å². The van der Waals surface area contributed by atoms with Crippen molar-refractivity contribution in [1.29, 1.82) is 0 Å². The summed E-state index contributed by atoms with van der Waals surface area (Å²) in [6.07, 6.45) is 0.514. The van der Waals surface area contributed by atoms with E-state index in [1.54, 1.807) is 0 Å². The van der Waals surface area contributed by atoms with Gasteiger partial charge in [0.1, 0.15) is 6.04 Å². The first-order valence-corrected chi connectivity index (χ1v) is 6.98. The first kappa shape index (κ1) is 15.5. The molecule has 0 aromatic heterocycles. The highest BCUT2D eigenvalue weighted by atomic mass is 32.2. The van der Waals surface area contributed by atoms with Crippen LogP contribution >= 0.6 is 11.8 Å². The van der Waals surface area contributed by atoms with Crippen molar-refractivity contribution in [2.75, 3.05) is 18.1 Å². The van der Waals surface area contributed by atoms with E-state index in [0.717, 1.165) is 0 Å². The molecular formula is C11H16N2O5S. The van der Waals surface area contributed by atoms with Gasteiger partial charge in [-0.15, -0.1) is 0 Å². The molecule has 2 N–H and O–H groups in total. The number of imide groups is 1. The predicted molar refractivity (Wildman–Crippen MR) is 68.5 cm³/mol. The number of carbonyl (C=O) groups is 4. The zero-order chi connectivity index (χ0) is 14.4. The number of hydrogen-bond donors (Lipinski definition) is 2. The van der Waals surface area contributed by atoms with E-state index in [9.17, 15) is 19.2 Å². The molecule has 1 heterocycles. The van der Waals surface area contributed by atoms with Crippen molar-refractivity contribution in [2.24, 2.45) is 0 Å². The molecule has 1 fully saturated rings. The van der Waals surface area contributed by atoms with Crippen LogP contribution < -0.4 is 5.32 Å². The topological polar surface area (TPSA) is 104 Å². The Bertz CT molecular complexity index is 383. The van der Waals surface area contributed by atoms with Gasteiger partial charge < -0.3 is 10.4 Å². The van der Waals surface area contributed by atoms with Gasteiger partial charge in [-0.1, -0.05) is 0 Å². The summed E-state index contributed by atoms with van der Waals surface area (Å²) >= 11 is 1.28. The Hall–Kier alpha value is -1.57. The van der Waals surface area contributed by atoms with Crippen LogP contribution in [0.4, 0.5) is 0 Å². The lowest BCUT2D eigenvalue weighted by Gasteiger charge is -2.15. The molecule has 0 radical (unpaired) electrons. The van der Waals surface area contributed by atoms with Crippen LogP contribution in [-0.4, -0.2) is 57.8 Å². The second-order valence-electron chi connectivity index (χ2n) is 4.11. The lowest BCUT2D eigenvalue weighted by molar-refractivity contribution is -0.141. The number of carbonyl (C=O) groups excluding carboxylic acids is 3. The van der Waals surface area contributed by atoms with Crippen LogP contribution in [0.1, 0.15) is 19.8 Å². The van der Waals surface area contributed by atoms with E-state index in [1.807, 2.05) is 0 Å². The molecule has 106 valence electrons. The molecule has 7 nitrogen and oxygen atoms in total. The van der Waals surface area contributed by atoms with Crippen molar-refractivity contribution >= 4 is 35.5 Å². The van der Waals surface area contributed by atoms with E-state index in [2.05, 4.69) is 5.32 Å². The Morgan fingerprint density at radius 2 is 1.95 bits per heavy atom. The number of aliphatic carboxylic acids is 1. The van der Waals surface area contributed by atoms with Gasteiger partial charge in [-0.25, -0.2) is 4.79 Å². The highest BCUT2D eigenvalue weighted by Gasteiger charge is 2.28. The van der Waals surface area contributed by atoms with E-state index in [0.29, 0.717) is 5.75 Å². The summed E-state index contributed by atoms with van der Waals surface area (Å²) in [5.41, 5.74) is 0. The highest BCUT2D eigenvalue weighted by Crippen LogP contribution is 2.13. The monoisotopic (exact) mass is 288 g/mol. The SMILES string of the molecule is CC(=O)N[C@@H](CSCCN1C(=O)CCC1=O)C(=O)O. The smallest absolute Gasteiger partial charge is 0.327 e. The third-order valence-corrected chi connectivity index (χ3v) is 3.61. The van der Waals surface area contributed by atoms with E-state index in [-0.39, 0.29) is 37.0 Å². The number of carboxylic acid groups (broad SMARTS) is 1. The highest BCUT2D eigenvalue weighted by molar-refractivity contribution is 7.99. The quantitative estimate of drug-likeness (QED) is 0.481. The van der Waals surface area contributed by atoms with Gasteiger partial charge >= 0.3 is 5.97 Å². The minimum atomic E-state index is -1.10. The summed E-state index contributed by atoms with van der Waals surface area (Å²) in [7, 11) is 0. The third-order valence-electron chi connectivity index (χ3n) is 2.57. The van der Waals surface area contributed by atoms with Crippen molar-refractivity contribution in [3.63, 3.8) is 0 Å². The third kappa shape index (κ3) is 4.90. The zero-order valence-corrected chi connectivity index (χ0v) is 11.4. The average molecular weight is 288 g/mol. The Kier molecular flexibility index (Phi) is 5.81. The molecule has 1 aliphatic heterocycles. The maximum absolute atomic E-state index is 11.3. The number of amides is 3. The molecular weight excluding hydrogens is 272 g/mol. The van der Waals surface area contributed by atoms with Crippen molar-refractivity contribution in [2.45, 2.75) is 25.8 Å². The number of carboxylic acids is 1. The van der Waals surface area contributed by atoms with Crippen molar-refractivity contribution < 1.29 is 24.3 Å². The van der Waals surface area contributed by atoms with E-state index >= 15 is 0 Å². The van der Waals surface area contributed by atoms with Crippen LogP contribution in [0.5, 0.6) is 0 Å². The molecule has 0 bridgehead atoms. The number of hydrogen-bond acceptors (Lipinski definition) is 5. The van der Waals surface area contributed by atoms with Crippen LogP contribution in [0.3, 0.4) is 0 Å². The van der Waals surface area contributed by atoms with Crippen molar-refractivity contribution in [3.05, 3.63) is 0 Å². The Morgan fingerprint density at radius 1 is 1.37 bits per heavy atom. The molecule has 8 heteroatoms. The Labute approximate surface area is 114 Å². The van der Waals surface area contributed by atoms with Gasteiger partial charge in [-0.05, 0) is 0 Å². The van der Waals surface area contributed by atoms with Crippen LogP contribution in [0.2, 0.25) is 0 Å². The maximum Gasteiger partial charge on any atom is 0.327 e. The molecule has 3 amide bonds. The average Bonchev–Trinajstić information content (AvgIpc) is 2.63. The summed E-state index contributed by atoms with van der Waals surface area (Å²) in [4.78, 5) is 45.5. The summed E-state index contributed by atoms with van der Waals surface area (Å²) < 4.78 is 0.